The average Bonchev–Trinajstić information content (AvgIpc) is 2.53. The van der Waals surface area contributed by atoms with Crippen molar-refractivity contribution in [3.8, 4) is 11.5 Å². The minimum absolute atomic E-state index is 0.00312. The first-order valence-electron chi connectivity index (χ1n) is 8.15. The molecular weight excluding hydrogens is 338 g/mol. The molecule has 0 saturated carbocycles. The van der Waals surface area contributed by atoms with Gasteiger partial charge in [-0.25, -0.2) is 0 Å². The minimum Gasteiger partial charge on any atom is -0.490 e. The Morgan fingerprint density at radius 2 is 1.68 bits per heavy atom. The summed E-state index contributed by atoms with van der Waals surface area (Å²) in [6.07, 6.45) is 1.29. The van der Waals surface area contributed by atoms with E-state index in [4.69, 9.17) is 26.3 Å². The Morgan fingerprint density at radius 1 is 1.04 bits per heavy atom. The van der Waals surface area contributed by atoms with Gasteiger partial charge in [-0.05, 0) is 42.2 Å². The summed E-state index contributed by atoms with van der Waals surface area (Å²) in [5.74, 6) is 1.46. The average molecular weight is 362 g/mol. The number of hydrogen-bond donors (Lipinski definition) is 1. The molecule has 0 spiro atoms. The molecule has 0 aliphatic rings. The molecule has 1 N–H and O–H groups in total. The van der Waals surface area contributed by atoms with E-state index >= 15 is 0 Å². The quantitative estimate of drug-likeness (QED) is 0.332. The molecule has 0 aliphatic heterocycles. The Kier molecular flexibility index (Phi) is 6.32. The Bertz CT molecular complexity index is 751. The number of aryl methyl sites for hydroxylation is 1. The minimum atomic E-state index is 0.00312. The van der Waals surface area contributed by atoms with Crippen LogP contribution in [0.5, 0.6) is 11.5 Å². The van der Waals surface area contributed by atoms with Crippen molar-refractivity contribution in [2.75, 3.05) is 13.2 Å². The number of ether oxygens (including phenoxy) is 2. The summed E-state index contributed by atoms with van der Waals surface area (Å²) >= 11 is 5.94. The van der Waals surface area contributed by atoms with Crippen molar-refractivity contribution in [3.63, 3.8) is 0 Å². The lowest BCUT2D eigenvalue weighted by molar-refractivity contribution is 0.214. The van der Waals surface area contributed by atoms with Gasteiger partial charge in [-0.3, -0.25) is 0 Å². The van der Waals surface area contributed by atoms with E-state index in [9.17, 15) is 0 Å². The third kappa shape index (κ3) is 5.40. The van der Waals surface area contributed by atoms with Crippen molar-refractivity contribution in [2.24, 2.45) is 5.16 Å². The number of nitrogens with zero attached hydrogens (tertiary/aromatic N) is 1. The highest BCUT2D eigenvalue weighted by Crippen LogP contribution is 2.32. The van der Waals surface area contributed by atoms with Crippen LogP contribution >= 0.6 is 11.6 Å². The van der Waals surface area contributed by atoms with Crippen LogP contribution in [0.4, 0.5) is 0 Å². The Balaban J connectivity index is 2.01. The molecule has 5 heteroatoms. The fraction of sp³-hybridized carbons (Fsp3) is 0.350. The monoisotopic (exact) mass is 361 g/mol. The molecule has 0 aromatic heterocycles. The smallest absolute Gasteiger partial charge is 0.128 e. The van der Waals surface area contributed by atoms with Crippen LogP contribution in [0.25, 0.3) is 0 Å². The fourth-order valence-corrected chi connectivity index (χ4v) is 2.65. The van der Waals surface area contributed by atoms with Crippen LogP contribution in [0.15, 0.2) is 41.6 Å². The van der Waals surface area contributed by atoms with Crippen molar-refractivity contribution in [1.29, 1.82) is 0 Å². The second-order valence-corrected chi connectivity index (χ2v) is 7.31. The largest absolute Gasteiger partial charge is 0.490 e. The molecule has 0 amide bonds. The van der Waals surface area contributed by atoms with Crippen LogP contribution < -0.4 is 9.47 Å². The van der Waals surface area contributed by atoms with Crippen LogP contribution in [-0.4, -0.2) is 24.6 Å². The van der Waals surface area contributed by atoms with E-state index in [1.807, 2.05) is 12.1 Å². The summed E-state index contributed by atoms with van der Waals surface area (Å²) < 4.78 is 11.7. The van der Waals surface area contributed by atoms with E-state index in [2.05, 4.69) is 38.9 Å². The molecule has 0 heterocycles. The summed E-state index contributed by atoms with van der Waals surface area (Å²) in [5.41, 5.74) is 3.00. The van der Waals surface area contributed by atoms with Gasteiger partial charge in [-0.1, -0.05) is 55.2 Å². The summed E-state index contributed by atoms with van der Waals surface area (Å²) in [5, 5.41) is 12.3. The molecule has 134 valence electrons. The fourth-order valence-electron chi connectivity index (χ4n) is 2.47. The topological polar surface area (TPSA) is 51.0 Å². The van der Waals surface area contributed by atoms with Gasteiger partial charge in [0.25, 0.3) is 0 Å². The van der Waals surface area contributed by atoms with E-state index in [1.54, 1.807) is 18.2 Å². The number of benzene rings is 2. The van der Waals surface area contributed by atoms with Crippen molar-refractivity contribution in [3.05, 3.63) is 58.1 Å². The number of hydrogen-bond acceptors (Lipinski definition) is 4. The summed E-state index contributed by atoms with van der Waals surface area (Å²) in [6.45, 7) is 9.35. The van der Waals surface area contributed by atoms with E-state index in [1.165, 1.54) is 17.3 Å². The van der Waals surface area contributed by atoms with Crippen LogP contribution in [-0.2, 0) is 5.41 Å². The molecule has 2 aromatic rings. The molecule has 4 nitrogen and oxygen atoms in total. The highest BCUT2D eigenvalue weighted by atomic mass is 35.5. The molecule has 0 atom stereocenters. The third-order valence-electron chi connectivity index (χ3n) is 3.71. The number of oxime groups is 1. The van der Waals surface area contributed by atoms with Gasteiger partial charge < -0.3 is 14.7 Å². The van der Waals surface area contributed by atoms with Gasteiger partial charge in [0.15, 0.2) is 0 Å². The molecule has 0 aliphatic carbocycles. The molecule has 0 fully saturated rings. The maximum atomic E-state index is 8.73. The zero-order valence-corrected chi connectivity index (χ0v) is 15.8. The van der Waals surface area contributed by atoms with E-state index in [-0.39, 0.29) is 5.41 Å². The van der Waals surface area contributed by atoms with Crippen molar-refractivity contribution >= 4 is 17.8 Å². The molecule has 25 heavy (non-hydrogen) atoms. The van der Waals surface area contributed by atoms with Gasteiger partial charge in [0.1, 0.15) is 24.7 Å². The molecule has 0 radical (unpaired) electrons. The Hall–Kier alpha value is -2.20. The number of halogens is 1. The Labute approximate surface area is 154 Å². The third-order valence-corrected chi connectivity index (χ3v) is 3.95. The van der Waals surface area contributed by atoms with Crippen LogP contribution in [0, 0.1) is 6.92 Å². The van der Waals surface area contributed by atoms with Gasteiger partial charge >= 0.3 is 0 Å². The second kappa shape index (κ2) is 8.26. The van der Waals surface area contributed by atoms with Crippen LogP contribution in [0.1, 0.15) is 37.5 Å². The van der Waals surface area contributed by atoms with Gasteiger partial charge in [-0.15, -0.1) is 0 Å². The predicted octanol–water partition coefficient (Wildman–Crippen LogP) is 5.21. The van der Waals surface area contributed by atoms with E-state index in [0.29, 0.717) is 29.5 Å². The molecular formula is C20H24ClNO3. The van der Waals surface area contributed by atoms with Gasteiger partial charge in [-0.2, -0.15) is 0 Å². The van der Waals surface area contributed by atoms with Gasteiger partial charge in [0, 0.05) is 10.6 Å². The maximum Gasteiger partial charge on any atom is 0.128 e. The van der Waals surface area contributed by atoms with Crippen molar-refractivity contribution < 1.29 is 14.7 Å². The standard InChI is InChI=1S/C20H24ClNO3/c1-14-5-7-19(17(11-14)20(2,3)4)25-10-9-24-18-8-6-16(21)12-15(18)13-22-23/h5-8,11-13,23H,9-10H2,1-4H3. The zero-order chi connectivity index (χ0) is 18.4. The van der Waals surface area contributed by atoms with Gasteiger partial charge in [0.2, 0.25) is 0 Å². The maximum absolute atomic E-state index is 8.73. The summed E-state index contributed by atoms with van der Waals surface area (Å²) in [7, 11) is 0. The lowest BCUT2D eigenvalue weighted by Crippen LogP contribution is -2.16. The first-order valence-corrected chi connectivity index (χ1v) is 8.53. The number of rotatable bonds is 6. The SMILES string of the molecule is Cc1ccc(OCCOc2ccc(Cl)cc2C=NO)c(C(C)(C)C)c1. The summed E-state index contributed by atoms with van der Waals surface area (Å²) in [6, 6.07) is 11.3. The van der Waals surface area contributed by atoms with Crippen molar-refractivity contribution in [1.82, 2.24) is 0 Å². The highest BCUT2D eigenvalue weighted by Gasteiger charge is 2.19. The lowest BCUT2D eigenvalue weighted by Gasteiger charge is -2.23. The predicted molar refractivity (Wildman–Crippen MR) is 102 cm³/mol. The molecule has 0 saturated heterocycles. The van der Waals surface area contributed by atoms with Crippen LogP contribution in [0.3, 0.4) is 0 Å². The van der Waals surface area contributed by atoms with Crippen molar-refractivity contribution in [2.45, 2.75) is 33.1 Å². The van der Waals surface area contributed by atoms with Crippen LogP contribution in [0.2, 0.25) is 5.02 Å². The molecule has 0 bridgehead atoms. The van der Waals surface area contributed by atoms with E-state index in [0.717, 1.165) is 5.75 Å². The van der Waals surface area contributed by atoms with E-state index < -0.39 is 0 Å². The molecule has 2 rings (SSSR count). The first-order chi connectivity index (χ1) is 11.8. The zero-order valence-electron chi connectivity index (χ0n) is 15.0. The lowest BCUT2D eigenvalue weighted by atomic mass is 9.85. The molecule has 0 unspecified atom stereocenters. The first kappa shape index (κ1) is 19.1. The highest BCUT2D eigenvalue weighted by molar-refractivity contribution is 6.30. The summed E-state index contributed by atoms with van der Waals surface area (Å²) in [4.78, 5) is 0. The molecule has 2 aromatic carbocycles. The normalized spacial score (nSPS) is 11.7. The van der Waals surface area contributed by atoms with Gasteiger partial charge in [0.05, 0.1) is 6.21 Å². The Morgan fingerprint density at radius 3 is 2.32 bits per heavy atom. The second-order valence-electron chi connectivity index (χ2n) is 6.87.